The molecule has 0 amide bonds. The Balaban J connectivity index is 2.02. The minimum absolute atomic E-state index is 0.263. The number of ether oxygens (including phenoxy) is 2. The van der Waals surface area contributed by atoms with Crippen LogP contribution in [-0.2, 0) is 20.7 Å². The summed E-state index contributed by atoms with van der Waals surface area (Å²) in [6.45, 7) is 1.73. The molecule has 1 aliphatic heterocycles. The van der Waals surface area contributed by atoms with Crippen molar-refractivity contribution >= 4 is 5.97 Å². The molecule has 74 valence electrons. The molecule has 3 nitrogen and oxygen atoms in total. The lowest BCUT2D eigenvalue weighted by Crippen LogP contribution is -2.19. The van der Waals surface area contributed by atoms with Crippen molar-refractivity contribution in [3.63, 3.8) is 0 Å². The number of carbonyl (C=O) groups excluding carboxylic acids is 1. The van der Waals surface area contributed by atoms with Crippen LogP contribution in [0.4, 0.5) is 0 Å². The maximum Gasteiger partial charge on any atom is 0.338 e. The van der Waals surface area contributed by atoms with Gasteiger partial charge in [0.1, 0.15) is 0 Å². The molecule has 0 radical (unpaired) electrons. The van der Waals surface area contributed by atoms with E-state index in [1.165, 1.54) is 0 Å². The molecule has 1 aromatic rings. The summed E-state index contributed by atoms with van der Waals surface area (Å²) in [6, 6.07) is 9.78. The first-order valence-corrected chi connectivity index (χ1v) is 4.65. The van der Waals surface area contributed by atoms with Crippen molar-refractivity contribution in [2.45, 2.75) is 25.7 Å². The van der Waals surface area contributed by atoms with E-state index in [9.17, 15) is 4.79 Å². The van der Waals surface area contributed by atoms with Crippen LogP contribution >= 0.6 is 0 Å². The monoisotopic (exact) mass is 192 g/mol. The van der Waals surface area contributed by atoms with Crippen molar-refractivity contribution in [3.8, 4) is 0 Å². The number of esters is 1. The van der Waals surface area contributed by atoms with Gasteiger partial charge in [-0.1, -0.05) is 30.3 Å². The van der Waals surface area contributed by atoms with Gasteiger partial charge in [0.05, 0.1) is 0 Å². The van der Waals surface area contributed by atoms with Crippen LogP contribution in [0.3, 0.4) is 0 Å². The van der Waals surface area contributed by atoms with Gasteiger partial charge in [0.2, 0.25) is 6.29 Å². The van der Waals surface area contributed by atoms with Crippen molar-refractivity contribution in [1.82, 2.24) is 0 Å². The molecule has 14 heavy (non-hydrogen) atoms. The maximum atomic E-state index is 11.2. The van der Waals surface area contributed by atoms with E-state index in [1.807, 2.05) is 30.3 Å². The number of rotatable bonds is 2. The first-order chi connectivity index (χ1) is 6.75. The highest BCUT2D eigenvalue weighted by Gasteiger charge is 2.32. The number of hydrogen-bond donors (Lipinski definition) is 0. The summed E-state index contributed by atoms with van der Waals surface area (Å²) in [4.78, 5) is 11.2. The second kappa shape index (κ2) is 3.80. The molecule has 1 heterocycles. The fourth-order valence-corrected chi connectivity index (χ4v) is 1.51. The first kappa shape index (κ1) is 9.21. The summed E-state index contributed by atoms with van der Waals surface area (Å²) in [7, 11) is 0. The first-order valence-electron chi connectivity index (χ1n) is 4.65. The highest BCUT2D eigenvalue weighted by Crippen LogP contribution is 2.16. The second-order valence-corrected chi connectivity index (χ2v) is 3.32. The predicted octanol–water partition coefficient (Wildman–Crippen LogP) is 1.52. The fraction of sp³-hybridized carbons (Fsp3) is 0.364. The number of cyclic esters (lactones) is 1. The van der Waals surface area contributed by atoms with Crippen LogP contribution in [0.15, 0.2) is 30.3 Å². The van der Waals surface area contributed by atoms with Gasteiger partial charge in [0, 0.05) is 6.42 Å². The van der Waals surface area contributed by atoms with Crippen LogP contribution in [0.1, 0.15) is 12.5 Å². The standard InChI is InChI=1S/C11H12O3/c1-8-13-10(11(12)14-8)7-9-5-3-2-4-6-9/h2-6,8,10H,7H2,1H3/t8?,10-/m0/s1. The second-order valence-electron chi connectivity index (χ2n) is 3.32. The zero-order valence-electron chi connectivity index (χ0n) is 7.97. The van der Waals surface area contributed by atoms with Crippen LogP contribution in [0, 0.1) is 0 Å². The Morgan fingerprint density at radius 2 is 2.00 bits per heavy atom. The molecule has 0 bridgehead atoms. The van der Waals surface area contributed by atoms with Crippen LogP contribution < -0.4 is 0 Å². The Morgan fingerprint density at radius 1 is 1.29 bits per heavy atom. The van der Waals surface area contributed by atoms with E-state index in [1.54, 1.807) is 6.92 Å². The van der Waals surface area contributed by atoms with E-state index in [0.29, 0.717) is 6.42 Å². The Bertz CT molecular complexity index is 321. The third kappa shape index (κ3) is 1.93. The average molecular weight is 192 g/mol. The third-order valence-corrected chi connectivity index (χ3v) is 2.16. The Kier molecular flexibility index (Phi) is 2.50. The molecule has 0 saturated carbocycles. The quantitative estimate of drug-likeness (QED) is 0.666. The molecule has 0 spiro atoms. The molecule has 1 aliphatic rings. The summed E-state index contributed by atoms with van der Waals surface area (Å²) in [5.74, 6) is -0.263. The minimum Gasteiger partial charge on any atom is -0.434 e. The Hall–Kier alpha value is -1.35. The van der Waals surface area contributed by atoms with E-state index in [-0.39, 0.29) is 5.97 Å². The van der Waals surface area contributed by atoms with Gasteiger partial charge in [-0.05, 0) is 12.5 Å². The summed E-state index contributed by atoms with van der Waals surface area (Å²) in [5.41, 5.74) is 1.09. The fourth-order valence-electron chi connectivity index (χ4n) is 1.51. The van der Waals surface area contributed by atoms with Gasteiger partial charge >= 0.3 is 5.97 Å². The lowest BCUT2D eigenvalue weighted by molar-refractivity contribution is -0.142. The largest absolute Gasteiger partial charge is 0.434 e. The van der Waals surface area contributed by atoms with Crippen LogP contribution in [0.25, 0.3) is 0 Å². The van der Waals surface area contributed by atoms with Crippen molar-refractivity contribution in [2.24, 2.45) is 0 Å². The topological polar surface area (TPSA) is 35.5 Å². The summed E-state index contributed by atoms with van der Waals surface area (Å²) < 4.78 is 10.2. The van der Waals surface area contributed by atoms with Gasteiger partial charge in [0.25, 0.3) is 0 Å². The zero-order chi connectivity index (χ0) is 9.97. The molecule has 1 unspecified atom stereocenters. The van der Waals surface area contributed by atoms with Crippen molar-refractivity contribution in [2.75, 3.05) is 0 Å². The number of carbonyl (C=O) groups is 1. The minimum atomic E-state index is -0.438. The summed E-state index contributed by atoms with van der Waals surface area (Å²) in [5, 5.41) is 0. The average Bonchev–Trinajstić information content (AvgIpc) is 2.47. The van der Waals surface area contributed by atoms with E-state index in [4.69, 9.17) is 9.47 Å². The SMILES string of the molecule is CC1OC(=O)[C@H](Cc2ccccc2)O1. The molecule has 0 aliphatic carbocycles. The highest BCUT2D eigenvalue weighted by molar-refractivity contribution is 5.76. The zero-order valence-corrected chi connectivity index (χ0v) is 7.97. The Morgan fingerprint density at radius 3 is 2.57 bits per heavy atom. The molecular formula is C11H12O3. The molecule has 3 heteroatoms. The molecule has 2 atom stereocenters. The van der Waals surface area contributed by atoms with Crippen LogP contribution in [0.2, 0.25) is 0 Å². The molecule has 2 rings (SSSR count). The summed E-state index contributed by atoms with van der Waals surface area (Å²) in [6.07, 6.45) is -0.257. The molecule has 0 N–H and O–H groups in total. The van der Waals surface area contributed by atoms with E-state index < -0.39 is 12.4 Å². The van der Waals surface area contributed by atoms with E-state index in [0.717, 1.165) is 5.56 Å². The van der Waals surface area contributed by atoms with Gasteiger partial charge < -0.3 is 9.47 Å². The van der Waals surface area contributed by atoms with Gasteiger partial charge in [-0.3, -0.25) is 0 Å². The van der Waals surface area contributed by atoms with E-state index in [2.05, 4.69) is 0 Å². The van der Waals surface area contributed by atoms with Crippen molar-refractivity contribution in [3.05, 3.63) is 35.9 Å². The van der Waals surface area contributed by atoms with Gasteiger partial charge in [0.15, 0.2) is 6.10 Å². The smallest absolute Gasteiger partial charge is 0.338 e. The molecular weight excluding hydrogens is 180 g/mol. The molecule has 0 aromatic heterocycles. The van der Waals surface area contributed by atoms with Crippen molar-refractivity contribution < 1.29 is 14.3 Å². The van der Waals surface area contributed by atoms with Gasteiger partial charge in [-0.15, -0.1) is 0 Å². The number of benzene rings is 1. The van der Waals surface area contributed by atoms with Gasteiger partial charge in [-0.2, -0.15) is 0 Å². The molecule has 1 fully saturated rings. The lowest BCUT2D eigenvalue weighted by atomic mass is 10.1. The van der Waals surface area contributed by atoms with Crippen LogP contribution in [-0.4, -0.2) is 18.4 Å². The summed E-state index contributed by atoms with van der Waals surface area (Å²) >= 11 is 0. The number of hydrogen-bond acceptors (Lipinski definition) is 3. The van der Waals surface area contributed by atoms with Gasteiger partial charge in [-0.25, -0.2) is 4.79 Å². The lowest BCUT2D eigenvalue weighted by Gasteiger charge is -2.05. The highest BCUT2D eigenvalue weighted by atomic mass is 16.7. The van der Waals surface area contributed by atoms with E-state index >= 15 is 0 Å². The van der Waals surface area contributed by atoms with Crippen LogP contribution in [0.5, 0.6) is 0 Å². The third-order valence-electron chi connectivity index (χ3n) is 2.16. The molecule has 1 saturated heterocycles. The van der Waals surface area contributed by atoms with Crippen molar-refractivity contribution in [1.29, 1.82) is 0 Å². The molecule has 1 aromatic carbocycles. The normalized spacial score (nSPS) is 26.2. The Labute approximate surface area is 82.6 Å². The predicted molar refractivity (Wildman–Crippen MR) is 50.6 cm³/mol. The maximum absolute atomic E-state index is 11.2.